The van der Waals surface area contributed by atoms with Crippen LogP contribution in [0, 0.1) is 0 Å². The van der Waals surface area contributed by atoms with Crippen molar-refractivity contribution in [2.24, 2.45) is 0 Å². The van der Waals surface area contributed by atoms with Gasteiger partial charge in [-0.1, -0.05) is 34.1 Å². The fourth-order valence-electron chi connectivity index (χ4n) is 2.95. The van der Waals surface area contributed by atoms with Crippen LogP contribution in [0.5, 0.6) is 5.75 Å². The maximum atomic E-state index is 13.0. The Kier molecular flexibility index (Phi) is 6.07. The van der Waals surface area contributed by atoms with Crippen LogP contribution < -0.4 is 9.46 Å². The van der Waals surface area contributed by atoms with Gasteiger partial charge in [0, 0.05) is 28.0 Å². The number of carbonyl (C=O) groups excluding carboxylic acids is 1. The summed E-state index contributed by atoms with van der Waals surface area (Å²) in [6.07, 6.45) is 1.89. The number of hydrogen-bond acceptors (Lipinski definition) is 5. The number of benzene rings is 2. The lowest BCUT2D eigenvalue weighted by atomic mass is 10.1. The molecule has 0 amide bonds. The van der Waals surface area contributed by atoms with Crippen molar-refractivity contribution in [1.29, 1.82) is 0 Å². The molecular formula is C19H19BrN2O5S. The molecule has 2 aromatic carbocycles. The molecule has 7 nitrogen and oxygen atoms in total. The van der Waals surface area contributed by atoms with Crippen molar-refractivity contribution in [3.8, 4) is 5.75 Å². The van der Waals surface area contributed by atoms with E-state index in [4.69, 9.17) is 9.47 Å². The smallest absolute Gasteiger partial charge is 0.324 e. The molecule has 148 valence electrons. The summed E-state index contributed by atoms with van der Waals surface area (Å²) in [7, 11) is -1.45. The van der Waals surface area contributed by atoms with Gasteiger partial charge >= 0.3 is 5.97 Å². The third-order valence-corrected chi connectivity index (χ3v) is 6.28. The number of esters is 1. The van der Waals surface area contributed by atoms with Crippen LogP contribution in [0.3, 0.4) is 0 Å². The number of carbonyl (C=O) groups is 1. The normalized spacial score (nSPS) is 12.7. The van der Waals surface area contributed by atoms with Gasteiger partial charge in [-0.05, 0) is 29.8 Å². The SMILES string of the molecule is COC(=O)[C@@H](Cc1c[nH]c2ccccc12)NS(=O)(=O)c1cc(Br)ccc1OC. The summed E-state index contributed by atoms with van der Waals surface area (Å²) < 4.78 is 38.9. The Hall–Kier alpha value is -2.36. The lowest BCUT2D eigenvalue weighted by molar-refractivity contribution is -0.142. The van der Waals surface area contributed by atoms with Gasteiger partial charge in [-0.25, -0.2) is 8.42 Å². The third kappa shape index (κ3) is 4.21. The van der Waals surface area contributed by atoms with E-state index in [1.54, 1.807) is 12.3 Å². The van der Waals surface area contributed by atoms with Gasteiger partial charge in [0.05, 0.1) is 14.2 Å². The van der Waals surface area contributed by atoms with Crippen LogP contribution in [0.25, 0.3) is 10.9 Å². The second-order valence-corrected chi connectivity index (χ2v) is 8.65. The van der Waals surface area contributed by atoms with E-state index < -0.39 is 22.0 Å². The van der Waals surface area contributed by atoms with E-state index in [2.05, 4.69) is 25.6 Å². The van der Waals surface area contributed by atoms with Crippen molar-refractivity contribution in [3.63, 3.8) is 0 Å². The number of aromatic amines is 1. The molecule has 0 aliphatic carbocycles. The van der Waals surface area contributed by atoms with Crippen molar-refractivity contribution in [2.45, 2.75) is 17.4 Å². The number of H-pyrrole nitrogens is 1. The van der Waals surface area contributed by atoms with Gasteiger partial charge < -0.3 is 14.5 Å². The first-order valence-electron chi connectivity index (χ1n) is 8.34. The molecule has 0 fully saturated rings. The summed E-state index contributed by atoms with van der Waals surface area (Å²) in [5, 5.41) is 0.913. The first-order chi connectivity index (χ1) is 13.4. The number of halogens is 1. The van der Waals surface area contributed by atoms with E-state index in [0.717, 1.165) is 16.5 Å². The summed E-state index contributed by atoms with van der Waals surface area (Å²) in [4.78, 5) is 15.3. The summed E-state index contributed by atoms with van der Waals surface area (Å²) in [5.41, 5.74) is 1.70. The Morgan fingerprint density at radius 3 is 2.68 bits per heavy atom. The fourth-order valence-corrected chi connectivity index (χ4v) is 4.84. The standard InChI is InChI=1S/C19H19BrN2O5S/c1-26-17-8-7-13(20)10-18(17)28(24,25)22-16(19(23)27-2)9-12-11-21-15-6-4-3-5-14(12)15/h3-8,10-11,16,21-22H,9H2,1-2H3/t16-/m1/s1. The predicted octanol–water partition coefficient (Wildman–Crippen LogP) is 3.00. The molecule has 0 aliphatic rings. The summed E-state index contributed by atoms with van der Waals surface area (Å²) in [5.74, 6) is -0.505. The Bertz CT molecular complexity index is 1110. The van der Waals surface area contributed by atoms with Gasteiger partial charge in [0.2, 0.25) is 10.0 Å². The average Bonchev–Trinajstić information content (AvgIpc) is 3.09. The first-order valence-corrected chi connectivity index (χ1v) is 10.6. The molecule has 0 bridgehead atoms. The minimum atomic E-state index is -4.05. The van der Waals surface area contributed by atoms with E-state index in [1.807, 2.05) is 24.3 Å². The summed E-state index contributed by atoms with van der Waals surface area (Å²) in [6.45, 7) is 0. The Morgan fingerprint density at radius 2 is 1.96 bits per heavy atom. The largest absolute Gasteiger partial charge is 0.495 e. The zero-order chi connectivity index (χ0) is 20.3. The van der Waals surface area contributed by atoms with Gasteiger partial charge in [0.25, 0.3) is 0 Å². The molecule has 0 saturated heterocycles. The minimum absolute atomic E-state index is 0.0720. The number of ether oxygens (including phenoxy) is 2. The number of aromatic nitrogens is 1. The quantitative estimate of drug-likeness (QED) is 0.521. The Balaban J connectivity index is 1.95. The lowest BCUT2D eigenvalue weighted by Gasteiger charge is -2.18. The molecule has 1 aromatic heterocycles. The van der Waals surface area contributed by atoms with Crippen LogP contribution in [0.2, 0.25) is 0 Å². The van der Waals surface area contributed by atoms with Crippen LogP contribution >= 0.6 is 15.9 Å². The van der Waals surface area contributed by atoms with E-state index in [-0.39, 0.29) is 17.1 Å². The molecule has 0 unspecified atom stereocenters. The van der Waals surface area contributed by atoms with Crippen LogP contribution in [-0.4, -0.2) is 39.6 Å². The molecule has 3 aromatic rings. The fraction of sp³-hybridized carbons (Fsp3) is 0.211. The number of sulfonamides is 1. The van der Waals surface area contributed by atoms with E-state index in [0.29, 0.717) is 4.47 Å². The lowest BCUT2D eigenvalue weighted by Crippen LogP contribution is -2.43. The van der Waals surface area contributed by atoms with Crippen molar-refractivity contribution in [1.82, 2.24) is 9.71 Å². The third-order valence-electron chi connectivity index (χ3n) is 4.30. The molecule has 1 atom stereocenters. The Morgan fingerprint density at radius 1 is 1.21 bits per heavy atom. The highest BCUT2D eigenvalue weighted by Gasteiger charge is 2.29. The van der Waals surface area contributed by atoms with E-state index in [9.17, 15) is 13.2 Å². The number of fused-ring (bicyclic) bond motifs is 1. The van der Waals surface area contributed by atoms with Crippen LogP contribution in [-0.2, 0) is 26.0 Å². The number of nitrogens with one attached hydrogen (secondary N) is 2. The number of para-hydroxylation sites is 1. The van der Waals surface area contributed by atoms with Gasteiger partial charge in [0.15, 0.2) is 0 Å². The van der Waals surface area contributed by atoms with Crippen molar-refractivity contribution in [3.05, 3.63) is 58.7 Å². The van der Waals surface area contributed by atoms with Crippen LogP contribution in [0.4, 0.5) is 0 Å². The molecule has 2 N–H and O–H groups in total. The van der Waals surface area contributed by atoms with Crippen molar-refractivity contribution in [2.75, 3.05) is 14.2 Å². The number of rotatable bonds is 7. The number of hydrogen-bond donors (Lipinski definition) is 2. The molecule has 0 spiro atoms. The molecule has 28 heavy (non-hydrogen) atoms. The highest BCUT2D eigenvalue weighted by atomic mass is 79.9. The molecule has 0 radical (unpaired) electrons. The summed E-state index contributed by atoms with van der Waals surface area (Å²) in [6, 6.07) is 11.1. The minimum Gasteiger partial charge on any atom is -0.495 e. The van der Waals surface area contributed by atoms with Crippen molar-refractivity contribution < 1.29 is 22.7 Å². The van der Waals surface area contributed by atoms with Gasteiger partial charge in [-0.15, -0.1) is 0 Å². The maximum Gasteiger partial charge on any atom is 0.324 e. The Labute approximate surface area is 171 Å². The average molecular weight is 467 g/mol. The zero-order valence-electron chi connectivity index (χ0n) is 15.2. The van der Waals surface area contributed by atoms with Gasteiger partial charge in [0.1, 0.15) is 16.7 Å². The van der Waals surface area contributed by atoms with E-state index >= 15 is 0 Å². The summed E-state index contributed by atoms with van der Waals surface area (Å²) >= 11 is 3.26. The van der Waals surface area contributed by atoms with Crippen LogP contribution in [0.1, 0.15) is 5.56 Å². The number of methoxy groups -OCH3 is 2. The monoisotopic (exact) mass is 466 g/mol. The van der Waals surface area contributed by atoms with Gasteiger partial charge in [-0.3, -0.25) is 4.79 Å². The molecule has 0 aliphatic heterocycles. The zero-order valence-corrected chi connectivity index (χ0v) is 17.6. The maximum absolute atomic E-state index is 13.0. The first kappa shape index (κ1) is 20.4. The molecular weight excluding hydrogens is 448 g/mol. The van der Waals surface area contributed by atoms with Gasteiger partial charge in [-0.2, -0.15) is 4.72 Å². The second-order valence-electron chi connectivity index (χ2n) is 6.06. The second kappa shape index (κ2) is 8.34. The molecule has 0 saturated carbocycles. The molecule has 9 heteroatoms. The highest BCUT2D eigenvalue weighted by Crippen LogP contribution is 2.28. The highest BCUT2D eigenvalue weighted by molar-refractivity contribution is 9.10. The van der Waals surface area contributed by atoms with Crippen LogP contribution in [0.15, 0.2) is 58.0 Å². The van der Waals surface area contributed by atoms with Crippen molar-refractivity contribution >= 4 is 42.8 Å². The predicted molar refractivity (Wildman–Crippen MR) is 109 cm³/mol. The molecule has 3 rings (SSSR count). The topological polar surface area (TPSA) is 97.5 Å². The molecule has 1 heterocycles. The van der Waals surface area contributed by atoms with E-state index in [1.165, 1.54) is 26.4 Å².